The lowest BCUT2D eigenvalue weighted by molar-refractivity contribution is -0.136. The van der Waals surface area contributed by atoms with Crippen molar-refractivity contribution in [2.45, 2.75) is 52.4 Å². The SMILES string of the molecule is Cc1oc2cc(OC(=O)[C@@H](Cc3ccc(OCc4ccccc4)cc3)NC(=O)OC(C)(C)C)ccc2c(=O)c1Oc1ccccc1. The number of fused-ring (bicyclic) bond motifs is 1. The number of carbonyl (C=O) groups is 2. The third-order valence-electron chi connectivity index (χ3n) is 6.76. The van der Waals surface area contributed by atoms with Crippen LogP contribution in [0.25, 0.3) is 11.0 Å². The quantitative estimate of drug-likeness (QED) is 0.126. The van der Waals surface area contributed by atoms with Crippen LogP contribution in [-0.4, -0.2) is 23.7 Å². The van der Waals surface area contributed by atoms with Gasteiger partial charge >= 0.3 is 12.1 Å². The van der Waals surface area contributed by atoms with Gasteiger partial charge in [0, 0.05) is 12.5 Å². The third-order valence-corrected chi connectivity index (χ3v) is 6.76. The van der Waals surface area contributed by atoms with E-state index >= 15 is 0 Å². The first-order valence-corrected chi connectivity index (χ1v) is 14.8. The number of aryl methyl sites for hydroxylation is 1. The lowest BCUT2D eigenvalue weighted by Gasteiger charge is -2.23. The van der Waals surface area contributed by atoms with Crippen molar-refractivity contribution >= 4 is 23.0 Å². The van der Waals surface area contributed by atoms with Crippen molar-refractivity contribution in [2.75, 3.05) is 0 Å². The number of amides is 1. The van der Waals surface area contributed by atoms with Crippen molar-refractivity contribution in [1.29, 1.82) is 0 Å². The molecular weight excluding hydrogens is 586 g/mol. The Morgan fingerprint density at radius 1 is 0.804 bits per heavy atom. The molecule has 0 unspecified atom stereocenters. The van der Waals surface area contributed by atoms with Gasteiger partial charge in [0.15, 0.2) is 0 Å². The summed E-state index contributed by atoms with van der Waals surface area (Å²) in [4.78, 5) is 39.3. The van der Waals surface area contributed by atoms with Crippen molar-refractivity contribution in [2.24, 2.45) is 0 Å². The third kappa shape index (κ3) is 8.53. The van der Waals surface area contributed by atoms with Gasteiger partial charge in [-0.05, 0) is 75.2 Å². The second kappa shape index (κ2) is 14.0. The zero-order valence-corrected chi connectivity index (χ0v) is 26.1. The number of hydrogen-bond acceptors (Lipinski definition) is 8. The Morgan fingerprint density at radius 3 is 2.13 bits per heavy atom. The highest BCUT2D eigenvalue weighted by atomic mass is 16.6. The predicted octanol–water partition coefficient (Wildman–Crippen LogP) is 7.51. The van der Waals surface area contributed by atoms with Crippen molar-refractivity contribution < 1.29 is 33.0 Å². The molecule has 0 aliphatic rings. The molecule has 1 atom stereocenters. The van der Waals surface area contributed by atoms with Gasteiger partial charge < -0.3 is 28.7 Å². The summed E-state index contributed by atoms with van der Waals surface area (Å²) in [7, 11) is 0. The number of carbonyl (C=O) groups excluding carboxylic acids is 2. The van der Waals surface area contributed by atoms with Gasteiger partial charge in [-0.15, -0.1) is 0 Å². The second-order valence-electron chi connectivity index (χ2n) is 11.6. The van der Waals surface area contributed by atoms with E-state index in [1.54, 1.807) is 64.1 Å². The molecule has 0 saturated heterocycles. The Kier molecular flexibility index (Phi) is 9.71. The maximum Gasteiger partial charge on any atom is 0.408 e. The minimum absolute atomic E-state index is 0.0709. The number of nitrogens with one attached hydrogen (secondary N) is 1. The standard InChI is InChI=1S/C37H35NO8/c1-24-34(44-28-13-9-6-10-14-28)33(39)30-20-19-29(22-32(30)43-24)45-35(40)31(38-36(41)46-37(2,3)4)21-25-15-17-27(18-16-25)42-23-26-11-7-5-8-12-26/h5-20,22,31H,21,23H2,1-4H3,(H,38,41)/t31-/m1/s1. The first-order chi connectivity index (χ1) is 22.0. The molecule has 0 aliphatic carbocycles. The van der Waals surface area contributed by atoms with E-state index in [4.69, 9.17) is 23.4 Å². The normalized spacial score (nSPS) is 11.8. The lowest BCUT2D eigenvalue weighted by atomic mass is 10.1. The van der Waals surface area contributed by atoms with E-state index in [1.807, 2.05) is 48.5 Å². The zero-order chi connectivity index (χ0) is 32.7. The van der Waals surface area contributed by atoms with E-state index in [9.17, 15) is 14.4 Å². The highest BCUT2D eigenvalue weighted by molar-refractivity contribution is 5.85. The largest absolute Gasteiger partial charge is 0.489 e. The van der Waals surface area contributed by atoms with Crippen LogP contribution in [0.2, 0.25) is 0 Å². The number of rotatable bonds is 10. The van der Waals surface area contributed by atoms with Crippen LogP contribution in [0.15, 0.2) is 112 Å². The van der Waals surface area contributed by atoms with E-state index in [1.165, 1.54) is 18.2 Å². The van der Waals surface area contributed by atoms with Gasteiger partial charge in [-0.3, -0.25) is 4.79 Å². The number of para-hydroxylation sites is 1. The Morgan fingerprint density at radius 2 is 1.46 bits per heavy atom. The fraction of sp³-hybridized carbons (Fsp3) is 0.216. The Balaban J connectivity index is 1.32. The molecule has 0 bridgehead atoms. The van der Waals surface area contributed by atoms with Crippen LogP contribution < -0.4 is 25.0 Å². The van der Waals surface area contributed by atoms with Crippen LogP contribution in [0.5, 0.6) is 23.0 Å². The van der Waals surface area contributed by atoms with Crippen LogP contribution in [-0.2, 0) is 22.6 Å². The topological polar surface area (TPSA) is 113 Å². The first kappa shape index (κ1) is 31.8. The molecule has 1 N–H and O–H groups in total. The van der Waals surface area contributed by atoms with Gasteiger partial charge in [-0.2, -0.15) is 0 Å². The number of esters is 1. The summed E-state index contributed by atoms with van der Waals surface area (Å²) in [6, 6.07) is 29.3. The van der Waals surface area contributed by atoms with E-state index in [2.05, 4.69) is 5.32 Å². The number of ether oxygens (including phenoxy) is 4. The van der Waals surface area contributed by atoms with E-state index in [0.29, 0.717) is 18.1 Å². The summed E-state index contributed by atoms with van der Waals surface area (Å²) >= 11 is 0. The molecule has 5 rings (SSSR count). The molecule has 0 aliphatic heterocycles. The zero-order valence-electron chi connectivity index (χ0n) is 26.1. The lowest BCUT2D eigenvalue weighted by Crippen LogP contribution is -2.46. The average molecular weight is 622 g/mol. The molecule has 0 radical (unpaired) electrons. The average Bonchev–Trinajstić information content (AvgIpc) is 3.02. The summed E-state index contributed by atoms with van der Waals surface area (Å²) in [5.74, 6) is 0.917. The van der Waals surface area contributed by atoms with Gasteiger partial charge in [-0.1, -0.05) is 60.7 Å². The van der Waals surface area contributed by atoms with E-state index in [-0.39, 0.29) is 40.1 Å². The second-order valence-corrected chi connectivity index (χ2v) is 11.6. The Labute approximate surface area is 266 Å². The van der Waals surface area contributed by atoms with Crippen molar-refractivity contribution in [3.05, 3.63) is 130 Å². The van der Waals surface area contributed by atoms with E-state index in [0.717, 1.165) is 11.1 Å². The fourth-order valence-electron chi connectivity index (χ4n) is 4.59. The van der Waals surface area contributed by atoms with Crippen LogP contribution in [0.1, 0.15) is 37.7 Å². The van der Waals surface area contributed by atoms with Gasteiger partial charge in [0.1, 0.15) is 46.8 Å². The van der Waals surface area contributed by atoms with Crippen molar-refractivity contribution in [3.8, 4) is 23.0 Å². The minimum Gasteiger partial charge on any atom is -0.489 e. The minimum atomic E-state index is -1.09. The first-order valence-electron chi connectivity index (χ1n) is 14.8. The molecule has 236 valence electrons. The molecule has 46 heavy (non-hydrogen) atoms. The number of hydrogen-bond donors (Lipinski definition) is 1. The smallest absolute Gasteiger partial charge is 0.408 e. The fourth-order valence-corrected chi connectivity index (χ4v) is 4.59. The number of benzene rings is 4. The van der Waals surface area contributed by atoms with Gasteiger partial charge in [0.05, 0.1) is 5.39 Å². The monoisotopic (exact) mass is 621 g/mol. The van der Waals surface area contributed by atoms with Crippen LogP contribution in [0, 0.1) is 6.92 Å². The van der Waals surface area contributed by atoms with Crippen LogP contribution in [0.3, 0.4) is 0 Å². The molecule has 4 aromatic carbocycles. The predicted molar refractivity (Wildman–Crippen MR) is 173 cm³/mol. The van der Waals surface area contributed by atoms with Crippen molar-refractivity contribution in [3.63, 3.8) is 0 Å². The maximum atomic E-state index is 13.4. The van der Waals surface area contributed by atoms with Crippen molar-refractivity contribution in [1.82, 2.24) is 5.32 Å². The summed E-state index contributed by atoms with van der Waals surface area (Å²) in [5.41, 5.74) is 0.890. The molecule has 1 aromatic heterocycles. The summed E-state index contributed by atoms with van der Waals surface area (Å²) in [5, 5.41) is 2.89. The van der Waals surface area contributed by atoms with Gasteiger partial charge in [0.2, 0.25) is 11.2 Å². The summed E-state index contributed by atoms with van der Waals surface area (Å²) in [6.45, 7) is 7.23. The maximum absolute atomic E-state index is 13.4. The highest BCUT2D eigenvalue weighted by Crippen LogP contribution is 2.27. The Bertz CT molecular complexity index is 1860. The molecule has 1 amide bonds. The molecule has 9 heteroatoms. The molecule has 5 aromatic rings. The molecular formula is C37H35NO8. The summed E-state index contributed by atoms with van der Waals surface area (Å²) < 4.78 is 28.6. The Hall–Kier alpha value is -5.57. The van der Waals surface area contributed by atoms with E-state index < -0.39 is 23.7 Å². The molecule has 9 nitrogen and oxygen atoms in total. The molecule has 0 saturated carbocycles. The van der Waals surface area contributed by atoms with Gasteiger partial charge in [0.25, 0.3) is 0 Å². The molecule has 0 spiro atoms. The summed E-state index contributed by atoms with van der Waals surface area (Å²) in [6.07, 6.45) is -0.637. The van der Waals surface area contributed by atoms with Crippen LogP contribution in [0.4, 0.5) is 4.79 Å². The molecule has 0 fully saturated rings. The highest BCUT2D eigenvalue weighted by Gasteiger charge is 2.27. The number of alkyl carbamates (subject to hydrolysis) is 1. The van der Waals surface area contributed by atoms with Crippen LogP contribution >= 0.6 is 0 Å². The molecule has 1 heterocycles. The van der Waals surface area contributed by atoms with Gasteiger partial charge in [-0.25, -0.2) is 9.59 Å².